The second-order valence-electron chi connectivity index (χ2n) is 4.81. The molecule has 0 saturated carbocycles. The predicted octanol–water partition coefficient (Wildman–Crippen LogP) is -0.530. The zero-order valence-electron chi connectivity index (χ0n) is 11.8. The summed E-state index contributed by atoms with van der Waals surface area (Å²) in [5.74, 6) is -0.566. The van der Waals surface area contributed by atoms with Crippen LogP contribution in [-0.4, -0.2) is 66.5 Å². The summed E-state index contributed by atoms with van der Waals surface area (Å²) < 4.78 is 42.3. The Morgan fingerprint density at radius 1 is 1.19 bits per heavy atom. The van der Waals surface area contributed by atoms with Crippen LogP contribution < -0.4 is 5.11 Å². The third-order valence-corrected chi connectivity index (χ3v) is 6.51. The standard InChI is InChI=1S/C10H19O3S.C2HF3O2/c1-12-7-3-5-14-6-4-8(13-2)10(14)9(7)11;3-2(4,5)1(6)7/h7-11H,3-6H2,1-2H3;(H,6,7)/q+1;/p-1/t7-,8-,9-,10+,14?;/m0./s1. The number of ether oxygens (including phenoxy) is 2. The Labute approximate surface area is 123 Å². The summed E-state index contributed by atoms with van der Waals surface area (Å²) in [5.41, 5.74) is 0. The van der Waals surface area contributed by atoms with Crippen molar-refractivity contribution in [2.24, 2.45) is 0 Å². The van der Waals surface area contributed by atoms with Gasteiger partial charge in [-0.25, -0.2) is 0 Å². The van der Waals surface area contributed by atoms with E-state index in [9.17, 15) is 18.3 Å². The monoisotopic (exact) mass is 332 g/mol. The normalized spacial score (nSPS) is 35.6. The molecule has 2 saturated heterocycles. The van der Waals surface area contributed by atoms with Crippen LogP contribution in [0.15, 0.2) is 0 Å². The highest BCUT2D eigenvalue weighted by Gasteiger charge is 2.54. The molecule has 2 aliphatic heterocycles. The van der Waals surface area contributed by atoms with Gasteiger partial charge in [-0.1, -0.05) is 0 Å². The molecule has 0 amide bonds. The van der Waals surface area contributed by atoms with E-state index in [1.165, 1.54) is 11.5 Å². The maximum Gasteiger partial charge on any atom is 0.430 e. The zero-order chi connectivity index (χ0) is 16.2. The Kier molecular flexibility index (Phi) is 6.76. The minimum absolute atomic E-state index is 0.0273. The molecule has 0 aliphatic carbocycles. The first-order valence-corrected chi connectivity index (χ1v) is 8.03. The number of rotatable bonds is 2. The molecule has 2 rings (SSSR count). The van der Waals surface area contributed by atoms with Gasteiger partial charge < -0.3 is 24.5 Å². The van der Waals surface area contributed by atoms with Crippen molar-refractivity contribution in [2.45, 2.75) is 42.6 Å². The Balaban J connectivity index is 0.000000270. The Hall–Kier alpha value is -0.510. The molecule has 0 aromatic carbocycles. The molecule has 21 heavy (non-hydrogen) atoms. The highest BCUT2D eigenvalue weighted by molar-refractivity contribution is 7.97. The number of aliphatic hydroxyl groups is 1. The molecule has 5 nitrogen and oxygen atoms in total. The molecular weight excluding hydrogens is 313 g/mol. The molecule has 2 fully saturated rings. The summed E-state index contributed by atoms with van der Waals surface area (Å²) in [6, 6.07) is 0. The molecule has 124 valence electrons. The first-order valence-electron chi connectivity index (χ1n) is 6.40. The summed E-state index contributed by atoms with van der Waals surface area (Å²) in [7, 11) is 3.82. The molecule has 0 spiro atoms. The first-order chi connectivity index (χ1) is 9.72. The Bertz CT molecular complexity index is 346. The van der Waals surface area contributed by atoms with Gasteiger partial charge in [-0.15, -0.1) is 0 Å². The first kappa shape index (κ1) is 18.5. The van der Waals surface area contributed by atoms with Crippen molar-refractivity contribution in [3.8, 4) is 0 Å². The Morgan fingerprint density at radius 2 is 1.62 bits per heavy atom. The number of hydrogen-bond donors (Lipinski definition) is 1. The van der Waals surface area contributed by atoms with Gasteiger partial charge in [0.15, 0.2) is 5.25 Å². The molecular formula is C12H19F3O5S. The van der Waals surface area contributed by atoms with E-state index in [-0.39, 0.29) is 18.3 Å². The number of fused-ring (bicyclic) bond motifs is 1. The third kappa shape index (κ3) is 4.73. The molecule has 1 unspecified atom stereocenters. The number of halogens is 3. The van der Waals surface area contributed by atoms with Gasteiger partial charge in [0.2, 0.25) is 0 Å². The van der Waals surface area contributed by atoms with E-state index in [0.717, 1.165) is 12.8 Å². The van der Waals surface area contributed by atoms with Crippen LogP contribution in [0, 0.1) is 0 Å². The fraction of sp³-hybridized carbons (Fsp3) is 0.917. The number of hydrogen-bond acceptors (Lipinski definition) is 5. The largest absolute Gasteiger partial charge is 0.542 e. The van der Waals surface area contributed by atoms with Crippen LogP contribution in [0.2, 0.25) is 0 Å². The highest BCUT2D eigenvalue weighted by Crippen LogP contribution is 2.34. The third-order valence-electron chi connectivity index (χ3n) is 3.63. The van der Waals surface area contributed by atoms with Gasteiger partial charge in [-0.05, 0) is 10.9 Å². The van der Waals surface area contributed by atoms with E-state index < -0.39 is 12.1 Å². The van der Waals surface area contributed by atoms with E-state index in [2.05, 4.69) is 0 Å². The molecule has 2 aliphatic rings. The SMILES string of the molecule is CO[C@H]1CC[S+]2CC[C@H](OC)[C@@H]2[C@H]1O.O=C([O-])C(F)(F)F. The number of carbonyl (C=O) groups excluding carboxylic acids is 1. The Morgan fingerprint density at radius 3 is 2.00 bits per heavy atom. The highest BCUT2D eigenvalue weighted by atomic mass is 32.2. The number of carboxylic acids is 1. The van der Waals surface area contributed by atoms with Gasteiger partial charge >= 0.3 is 6.18 Å². The number of carbonyl (C=O) groups is 1. The summed E-state index contributed by atoms with van der Waals surface area (Å²) >= 11 is 0. The van der Waals surface area contributed by atoms with Gasteiger partial charge in [0.25, 0.3) is 0 Å². The molecule has 0 aromatic heterocycles. The molecule has 0 radical (unpaired) electrons. The average molecular weight is 332 g/mol. The molecule has 5 atom stereocenters. The van der Waals surface area contributed by atoms with Crippen molar-refractivity contribution in [2.75, 3.05) is 25.7 Å². The lowest BCUT2D eigenvalue weighted by Crippen LogP contribution is -2.51. The van der Waals surface area contributed by atoms with Crippen molar-refractivity contribution in [3.63, 3.8) is 0 Å². The van der Waals surface area contributed by atoms with Gasteiger partial charge in [0.05, 0.1) is 6.10 Å². The number of alkyl halides is 3. The van der Waals surface area contributed by atoms with Crippen LogP contribution in [-0.2, 0) is 25.2 Å². The minimum atomic E-state index is -5.19. The average Bonchev–Trinajstić information content (AvgIpc) is 2.82. The predicted molar refractivity (Wildman–Crippen MR) is 68.8 cm³/mol. The van der Waals surface area contributed by atoms with E-state index in [1.54, 1.807) is 14.2 Å². The molecule has 0 bridgehead atoms. The van der Waals surface area contributed by atoms with Crippen LogP contribution in [0.1, 0.15) is 12.8 Å². The van der Waals surface area contributed by atoms with Crippen LogP contribution >= 0.6 is 0 Å². The van der Waals surface area contributed by atoms with Crippen LogP contribution in [0.5, 0.6) is 0 Å². The van der Waals surface area contributed by atoms with E-state index in [4.69, 9.17) is 19.4 Å². The number of carboxylic acid groups (broad SMARTS) is 1. The van der Waals surface area contributed by atoms with Gasteiger partial charge in [0.1, 0.15) is 29.7 Å². The zero-order valence-corrected chi connectivity index (χ0v) is 12.6. The molecule has 9 heteroatoms. The van der Waals surface area contributed by atoms with E-state index >= 15 is 0 Å². The summed E-state index contributed by atoms with van der Waals surface area (Å²) in [6.07, 6.45) is -3.11. The smallest absolute Gasteiger partial charge is 0.430 e. The van der Waals surface area contributed by atoms with E-state index in [1.807, 2.05) is 0 Å². The number of aliphatic carboxylic acids is 1. The summed E-state index contributed by atoms with van der Waals surface area (Å²) in [5, 5.41) is 19.3. The second kappa shape index (κ2) is 7.66. The maximum absolute atomic E-state index is 10.5. The fourth-order valence-electron chi connectivity index (χ4n) is 2.60. The van der Waals surface area contributed by atoms with Gasteiger partial charge in [0, 0.05) is 27.1 Å². The lowest BCUT2D eigenvalue weighted by Gasteiger charge is -2.32. The maximum atomic E-state index is 10.5. The molecule has 2 heterocycles. The van der Waals surface area contributed by atoms with Crippen molar-refractivity contribution in [1.29, 1.82) is 0 Å². The van der Waals surface area contributed by atoms with Crippen molar-refractivity contribution in [3.05, 3.63) is 0 Å². The molecule has 0 aromatic rings. The van der Waals surface area contributed by atoms with E-state index in [0.29, 0.717) is 16.1 Å². The minimum Gasteiger partial charge on any atom is -0.542 e. The molecule has 1 N–H and O–H groups in total. The summed E-state index contributed by atoms with van der Waals surface area (Å²) in [4.78, 5) is 8.78. The van der Waals surface area contributed by atoms with Crippen molar-refractivity contribution < 1.29 is 37.7 Å². The van der Waals surface area contributed by atoms with Gasteiger partial charge in [-0.2, -0.15) is 13.2 Å². The van der Waals surface area contributed by atoms with Crippen molar-refractivity contribution >= 4 is 16.9 Å². The number of aliphatic hydroxyl groups excluding tert-OH is 1. The fourth-order valence-corrected chi connectivity index (χ4v) is 5.66. The quantitative estimate of drug-likeness (QED) is 0.688. The van der Waals surface area contributed by atoms with Crippen LogP contribution in [0.3, 0.4) is 0 Å². The second-order valence-corrected chi connectivity index (χ2v) is 7.25. The lowest BCUT2D eigenvalue weighted by molar-refractivity contribution is -0.344. The lowest BCUT2D eigenvalue weighted by atomic mass is 10.0. The summed E-state index contributed by atoms with van der Waals surface area (Å²) in [6.45, 7) is 0. The van der Waals surface area contributed by atoms with Crippen LogP contribution in [0.4, 0.5) is 13.2 Å². The van der Waals surface area contributed by atoms with Gasteiger partial charge in [-0.3, -0.25) is 0 Å². The topological polar surface area (TPSA) is 78.8 Å². The number of methoxy groups -OCH3 is 2. The van der Waals surface area contributed by atoms with Crippen LogP contribution in [0.25, 0.3) is 0 Å². The van der Waals surface area contributed by atoms with Crippen molar-refractivity contribution in [1.82, 2.24) is 0 Å².